The van der Waals surface area contributed by atoms with Gasteiger partial charge in [-0.2, -0.15) is 0 Å². The topological polar surface area (TPSA) is 48.5 Å². The monoisotopic (exact) mass is 324 g/mol. The molecule has 19 heavy (non-hydrogen) atoms. The molecular formula is C13H17BrN4O. The fraction of sp³-hybridized carbons (Fsp3) is 0.385. The third-order valence-electron chi connectivity index (χ3n) is 2.95. The van der Waals surface area contributed by atoms with Gasteiger partial charge < -0.3 is 15.1 Å². The molecule has 0 atom stereocenters. The average Bonchev–Trinajstić information content (AvgIpc) is 2.38. The number of likely N-dealkylation sites (N-methyl/N-ethyl adjacent to an activating group) is 1. The van der Waals surface area contributed by atoms with Gasteiger partial charge in [-0.1, -0.05) is 0 Å². The van der Waals surface area contributed by atoms with Gasteiger partial charge in [0, 0.05) is 49.1 Å². The van der Waals surface area contributed by atoms with Crippen LogP contribution in [0, 0.1) is 0 Å². The van der Waals surface area contributed by atoms with E-state index in [1.165, 1.54) is 0 Å². The van der Waals surface area contributed by atoms with Crippen LogP contribution in [0.2, 0.25) is 0 Å². The lowest BCUT2D eigenvalue weighted by molar-refractivity contribution is -0.112. The lowest BCUT2D eigenvalue weighted by atomic mass is 10.3. The minimum atomic E-state index is -0.140. The molecule has 0 unspecified atom stereocenters. The molecule has 0 aromatic carbocycles. The number of carbonyl (C=O) groups is 1. The van der Waals surface area contributed by atoms with Crippen molar-refractivity contribution in [2.45, 2.75) is 0 Å². The molecule has 1 aliphatic rings. The van der Waals surface area contributed by atoms with Crippen LogP contribution in [0.4, 0.5) is 5.69 Å². The maximum atomic E-state index is 11.8. The first-order chi connectivity index (χ1) is 9.13. The summed E-state index contributed by atoms with van der Waals surface area (Å²) < 4.78 is 0.841. The van der Waals surface area contributed by atoms with Crippen LogP contribution in [0.3, 0.4) is 0 Å². The molecule has 1 fully saturated rings. The zero-order chi connectivity index (χ0) is 13.7. The number of piperazine rings is 1. The molecule has 0 spiro atoms. The Morgan fingerprint density at radius 2 is 2.11 bits per heavy atom. The summed E-state index contributed by atoms with van der Waals surface area (Å²) in [6.45, 7) is 3.97. The van der Waals surface area contributed by atoms with Crippen LogP contribution in [0.5, 0.6) is 0 Å². The van der Waals surface area contributed by atoms with E-state index in [0.717, 1.165) is 30.7 Å². The van der Waals surface area contributed by atoms with Gasteiger partial charge in [0.1, 0.15) is 0 Å². The smallest absolute Gasteiger partial charge is 0.249 e. The van der Waals surface area contributed by atoms with Gasteiger partial charge in [0.25, 0.3) is 0 Å². The van der Waals surface area contributed by atoms with Crippen LogP contribution in [0.1, 0.15) is 0 Å². The highest BCUT2D eigenvalue weighted by molar-refractivity contribution is 9.10. The lowest BCUT2D eigenvalue weighted by Gasteiger charge is -2.31. The summed E-state index contributed by atoms with van der Waals surface area (Å²) in [6.07, 6.45) is 6.71. The Morgan fingerprint density at radius 3 is 2.79 bits per heavy atom. The fourth-order valence-corrected chi connectivity index (χ4v) is 2.17. The van der Waals surface area contributed by atoms with Gasteiger partial charge in [-0.3, -0.25) is 9.78 Å². The summed E-state index contributed by atoms with van der Waals surface area (Å²) in [5.41, 5.74) is 0.683. The van der Waals surface area contributed by atoms with Crippen molar-refractivity contribution in [2.24, 2.45) is 0 Å². The number of amides is 1. The second kappa shape index (κ2) is 6.68. The number of hydrogen-bond donors (Lipinski definition) is 1. The Labute approximate surface area is 121 Å². The number of halogens is 1. The predicted octanol–water partition coefficient (Wildman–Crippen LogP) is 1.54. The van der Waals surface area contributed by atoms with E-state index >= 15 is 0 Å². The van der Waals surface area contributed by atoms with Gasteiger partial charge in [-0.15, -0.1) is 0 Å². The molecule has 6 heteroatoms. The van der Waals surface area contributed by atoms with Crippen LogP contribution in [-0.2, 0) is 4.79 Å². The Bertz CT molecular complexity index is 469. The van der Waals surface area contributed by atoms with E-state index in [4.69, 9.17) is 0 Å². The van der Waals surface area contributed by atoms with Crippen molar-refractivity contribution in [1.82, 2.24) is 14.8 Å². The van der Waals surface area contributed by atoms with Gasteiger partial charge in [0.05, 0.1) is 11.9 Å². The van der Waals surface area contributed by atoms with Crippen LogP contribution >= 0.6 is 15.9 Å². The Kier molecular flexibility index (Phi) is 4.93. The summed E-state index contributed by atoms with van der Waals surface area (Å²) in [6, 6.07) is 1.81. The molecule has 2 rings (SSSR count). The number of anilines is 1. The molecule has 1 aromatic rings. The van der Waals surface area contributed by atoms with E-state index in [1.54, 1.807) is 18.5 Å². The molecule has 0 saturated carbocycles. The number of rotatable bonds is 3. The fourth-order valence-electron chi connectivity index (χ4n) is 1.81. The standard InChI is InChI=1S/C13H17BrN4O/c1-17-4-6-18(7-5-17)3-2-13(19)16-12-8-11(14)9-15-10-12/h2-3,8-10H,4-7H2,1H3,(H,16,19). The van der Waals surface area contributed by atoms with Crippen LogP contribution < -0.4 is 5.32 Å². The second-order valence-electron chi connectivity index (χ2n) is 4.54. The molecule has 1 N–H and O–H groups in total. The zero-order valence-corrected chi connectivity index (χ0v) is 12.4. The van der Waals surface area contributed by atoms with Gasteiger partial charge in [0.2, 0.25) is 5.91 Å². The maximum absolute atomic E-state index is 11.8. The Balaban J connectivity index is 1.84. The van der Waals surface area contributed by atoms with Crippen molar-refractivity contribution >= 4 is 27.5 Å². The molecule has 0 radical (unpaired) electrons. The van der Waals surface area contributed by atoms with Gasteiger partial charge in [0.15, 0.2) is 0 Å². The minimum absolute atomic E-state index is 0.140. The third kappa shape index (κ3) is 4.65. The van der Waals surface area contributed by atoms with E-state index in [2.05, 4.69) is 43.1 Å². The first kappa shape index (κ1) is 14.0. The molecule has 1 amide bonds. The molecule has 1 aliphatic heterocycles. The molecule has 1 aromatic heterocycles. The van der Waals surface area contributed by atoms with Crippen molar-refractivity contribution in [3.8, 4) is 0 Å². The average molecular weight is 325 g/mol. The highest BCUT2D eigenvalue weighted by Gasteiger charge is 2.10. The Morgan fingerprint density at radius 1 is 1.37 bits per heavy atom. The molecule has 5 nitrogen and oxygen atoms in total. The van der Waals surface area contributed by atoms with Crippen molar-refractivity contribution in [3.05, 3.63) is 35.2 Å². The van der Waals surface area contributed by atoms with Crippen molar-refractivity contribution in [3.63, 3.8) is 0 Å². The highest BCUT2D eigenvalue weighted by Crippen LogP contribution is 2.13. The number of nitrogens with one attached hydrogen (secondary N) is 1. The van der Waals surface area contributed by atoms with Crippen LogP contribution in [0.25, 0.3) is 0 Å². The highest BCUT2D eigenvalue weighted by atomic mass is 79.9. The predicted molar refractivity (Wildman–Crippen MR) is 78.8 cm³/mol. The first-order valence-electron chi connectivity index (χ1n) is 6.16. The Hall–Kier alpha value is -1.40. The minimum Gasteiger partial charge on any atom is -0.375 e. The second-order valence-corrected chi connectivity index (χ2v) is 5.45. The molecule has 0 bridgehead atoms. The lowest BCUT2D eigenvalue weighted by Crippen LogP contribution is -2.41. The van der Waals surface area contributed by atoms with E-state index in [-0.39, 0.29) is 5.91 Å². The molecule has 102 valence electrons. The van der Waals surface area contributed by atoms with E-state index in [9.17, 15) is 4.79 Å². The van der Waals surface area contributed by atoms with Gasteiger partial charge >= 0.3 is 0 Å². The van der Waals surface area contributed by atoms with Crippen LogP contribution in [-0.4, -0.2) is 53.9 Å². The quantitative estimate of drug-likeness (QED) is 0.857. The molecule has 2 heterocycles. The number of carbonyl (C=O) groups excluding carboxylic acids is 1. The van der Waals surface area contributed by atoms with Crippen molar-refractivity contribution < 1.29 is 4.79 Å². The third-order valence-corrected chi connectivity index (χ3v) is 3.38. The SMILES string of the molecule is CN1CCN(C=CC(=O)Nc2cncc(Br)c2)CC1. The van der Waals surface area contributed by atoms with Crippen molar-refractivity contribution in [2.75, 3.05) is 38.5 Å². The number of hydrogen-bond acceptors (Lipinski definition) is 4. The molecule has 0 aliphatic carbocycles. The largest absolute Gasteiger partial charge is 0.375 e. The summed E-state index contributed by atoms with van der Waals surface area (Å²) in [5, 5.41) is 2.78. The number of aromatic nitrogens is 1. The molecule has 1 saturated heterocycles. The normalized spacial score (nSPS) is 16.8. The maximum Gasteiger partial charge on any atom is 0.249 e. The first-order valence-corrected chi connectivity index (χ1v) is 6.95. The van der Waals surface area contributed by atoms with Gasteiger partial charge in [-0.25, -0.2) is 0 Å². The van der Waals surface area contributed by atoms with E-state index in [0.29, 0.717) is 5.69 Å². The summed E-state index contributed by atoms with van der Waals surface area (Å²) >= 11 is 3.31. The van der Waals surface area contributed by atoms with Crippen LogP contribution in [0.15, 0.2) is 35.2 Å². The summed E-state index contributed by atoms with van der Waals surface area (Å²) in [4.78, 5) is 20.2. The number of pyridine rings is 1. The van der Waals surface area contributed by atoms with E-state index < -0.39 is 0 Å². The van der Waals surface area contributed by atoms with Gasteiger partial charge in [-0.05, 0) is 29.0 Å². The van der Waals surface area contributed by atoms with E-state index in [1.807, 2.05) is 12.3 Å². The van der Waals surface area contributed by atoms with Crippen molar-refractivity contribution in [1.29, 1.82) is 0 Å². The zero-order valence-electron chi connectivity index (χ0n) is 10.8. The molecular weight excluding hydrogens is 308 g/mol. The summed E-state index contributed by atoms with van der Waals surface area (Å²) in [5.74, 6) is -0.140. The summed E-state index contributed by atoms with van der Waals surface area (Å²) in [7, 11) is 2.11. The number of nitrogens with zero attached hydrogens (tertiary/aromatic N) is 3.